The molecule has 0 aliphatic carbocycles. The summed E-state index contributed by atoms with van der Waals surface area (Å²) in [5, 5.41) is 0. The second-order valence-corrected chi connectivity index (χ2v) is 10.4. The lowest BCUT2D eigenvalue weighted by Gasteiger charge is -2.13. The lowest BCUT2D eigenvalue weighted by Crippen LogP contribution is -2.27. The molecule has 8 heteroatoms. The molecule has 0 aromatic rings. The summed E-state index contributed by atoms with van der Waals surface area (Å²) in [6.07, 6.45) is 22.0. The molecule has 0 fully saturated rings. The summed E-state index contributed by atoms with van der Waals surface area (Å²) >= 11 is 0. The third-order valence-corrected chi connectivity index (χ3v) is 6.71. The number of esters is 2. The van der Waals surface area contributed by atoms with Crippen molar-refractivity contribution in [3.8, 4) is 0 Å². The number of nitrogens with two attached hydrogens (primary N) is 4. The summed E-state index contributed by atoms with van der Waals surface area (Å²) in [6.45, 7) is 1.56. The molecule has 0 saturated heterocycles. The zero-order valence-electron chi connectivity index (χ0n) is 23.8. The number of carbonyl (C=O) groups excluding carboxylic acids is 2. The number of ether oxygens (including phenoxy) is 2. The maximum atomic E-state index is 11.9. The highest BCUT2D eigenvalue weighted by Crippen LogP contribution is 2.13. The lowest BCUT2D eigenvalue weighted by molar-refractivity contribution is -0.150. The largest absolute Gasteiger partial charge is 0.447 e. The van der Waals surface area contributed by atoms with E-state index < -0.39 is 12.5 Å². The van der Waals surface area contributed by atoms with Crippen LogP contribution in [0.1, 0.15) is 148 Å². The first-order valence-corrected chi connectivity index (χ1v) is 15.3. The van der Waals surface area contributed by atoms with Gasteiger partial charge in [0.15, 0.2) is 12.5 Å². The van der Waals surface area contributed by atoms with E-state index in [0.717, 1.165) is 96.6 Å². The van der Waals surface area contributed by atoms with Gasteiger partial charge in [0, 0.05) is 12.8 Å². The molecule has 0 saturated carbocycles. The molecule has 0 spiro atoms. The van der Waals surface area contributed by atoms with Gasteiger partial charge in [-0.25, -0.2) is 0 Å². The van der Waals surface area contributed by atoms with Gasteiger partial charge in [0.05, 0.1) is 0 Å². The van der Waals surface area contributed by atoms with Crippen LogP contribution in [-0.4, -0.2) is 37.5 Å². The number of hydrogen-bond acceptors (Lipinski definition) is 8. The molecule has 0 bridgehead atoms. The van der Waals surface area contributed by atoms with Crippen molar-refractivity contribution in [2.24, 2.45) is 22.9 Å². The molecule has 0 aromatic carbocycles. The monoisotopic (exact) mass is 528 g/mol. The number of hydrogen-bond donors (Lipinski definition) is 4. The molecule has 8 nitrogen and oxygen atoms in total. The van der Waals surface area contributed by atoms with Crippen molar-refractivity contribution in [3.05, 3.63) is 0 Å². The van der Waals surface area contributed by atoms with E-state index in [2.05, 4.69) is 0 Å². The molecular formula is C29H60N4O4. The van der Waals surface area contributed by atoms with E-state index in [1.54, 1.807) is 0 Å². The van der Waals surface area contributed by atoms with Gasteiger partial charge in [0.2, 0.25) is 0 Å². The van der Waals surface area contributed by atoms with Crippen LogP contribution in [0.5, 0.6) is 0 Å². The van der Waals surface area contributed by atoms with Crippen LogP contribution in [0.3, 0.4) is 0 Å². The summed E-state index contributed by atoms with van der Waals surface area (Å²) in [4.78, 5) is 23.9. The lowest BCUT2D eigenvalue weighted by atomic mass is 10.1. The summed E-state index contributed by atoms with van der Waals surface area (Å²) in [6, 6.07) is 0. The van der Waals surface area contributed by atoms with Gasteiger partial charge in [-0.1, -0.05) is 83.5 Å². The molecular weight excluding hydrogens is 468 g/mol. The average Bonchev–Trinajstić information content (AvgIpc) is 2.86. The van der Waals surface area contributed by atoms with E-state index in [9.17, 15) is 9.59 Å². The third-order valence-electron chi connectivity index (χ3n) is 6.71. The van der Waals surface area contributed by atoms with Crippen LogP contribution in [0.15, 0.2) is 0 Å². The molecule has 0 amide bonds. The fourth-order valence-corrected chi connectivity index (χ4v) is 4.39. The number of unbranched alkanes of at least 4 members (excludes halogenated alkanes) is 16. The second-order valence-electron chi connectivity index (χ2n) is 10.4. The standard InChI is InChI=1S/C29H60N4O4/c30-24-18-12-5-1-3-8-14-20-26(32)36-28(34)22-16-10-7-11-17-23-29(35)37-27(33)21-15-9-4-2-6-13-19-25-31/h26-27H,1-25,30-33H2. The first kappa shape index (κ1) is 35.8. The van der Waals surface area contributed by atoms with E-state index in [4.69, 9.17) is 32.4 Å². The van der Waals surface area contributed by atoms with E-state index in [-0.39, 0.29) is 11.9 Å². The van der Waals surface area contributed by atoms with Crippen molar-refractivity contribution in [2.75, 3.05) is 13.1 Å². The van der Waals surface area contributed by atoms with E-state index in [1.807, 2.05) is 0 Å². The van der Waals surface area contributed by atoms with Crippen LogP contribution in [0.4, 0.5) is 0 Å². The normalized spacial score (nSPS) is 12.9. The van der Waals surface area contributed by atoms with Crippen molar-refractivity contribution >= 4 is 11.9 Å². The van der Waals surface area contributed by atoms with Gasteiger partial charge in [-0.2, -0.15) is 0 Å². The maximum absolute atomic E-state index is 11.9. The van der Waals surface area contributed by atoms with Crippen LogP contribution in [0.25, 0.3) is 0 Å². The van der Waals surface area contributed by atoms with Crippen molar-refractivity contribution in [3.63, 3.8) is 0 Å². The van der Waals surface area contributed by atoms with Gasteiger partial charge in [0.1, 0.15) is 0 Å². The van der Waals surface area contributed by atoms with Crippen LogP contribution in [0, 0.1) is 0 Å². The summed E-state index contributed by atoms with van der Waals surface area (Å²) < 4.78 is 10.6. The molecule has 0 radical (unpaired) electrons. The van der Waals surface area contributed by atoms with Crippen molar-refractivity contribution < 1.29 is 19.1 Å². The highest BCUT2D eigenvalue weighted by Gasteiger charge is 2.11. The van der Waals surface area contributed by atoms with Crippen molar-refractivity contribution in [2.45, 2.75) is 160 Å². The summed E-state index contributed by atoms with van der Waals surface area (Å²) in [5.41, 5.74) is 22.9. The zero-order chi connectivity index (χ0) is 27.4. The Bertz CT molecular complexity index is 478. The molecule has 2 atom stereocenters. The highest BCUT2D eigenvalue weighted by molar-refractivity contribution is 5.69. The van der Waals surface area contributed by atoms with Crippen LogP contribution < -0.4 is 22.9 Å². The molecule has 0 rings (SSSR count). The first-order valence-electron chi connectivity index (χ1n) is 15.3. The average molecular weight is 529 g/mol. The van der Waals surface area contributed by atoms with Gasteiger partial charge in [-0.05, 0) is 64.5 Å². The first-order chi connectivity index (χ1) is 18.0. The van der Waals surface area contributed by atoms with Gasteiger partial charge < -0.3 is 20.9 Å². The van der Waals surface area contributed by atoms with Gasteiger partial charge >= 0.3 is 11.9 Å². The fraction of sp³-hybridized carbons (Fsp3) is 0.931. The van der Waals surface area contributed by atoms with Gasteiger partial charge in [-0.3, -0.25) is 21.1 Å². The summed E-state index contributed by atoms with van der Waals surface area (Å²) in [7, 11) is 0. The maximum Gasteiger partial charge on any atom is 0.307 e. The molecule has 0 aliphatic heterocycles. The molecule has 0 aromatic heterocycles. The minimum atomic E-state index is -0.492. The number of carbonyl (C=O) groups is 2. The van der Waals surface area contributed by atoms with E-state index in [0.29, 0.717) is 12.8 Å². The van der Waals surface area contributed by atoms with E-state index >= 15 is 0 Å². The quantitative estimate of drug-likeness (QED) is 0.0586. The summed E-state index contributed by atoms with van der Waals surface area (Å²) in [5.74, 6) is -0.420. The Morgan fingerprint density at radius 3 is 1.03 bits per heavy atom. The Morgan fingerprint density at radius 1 is 0.432 bits per heavy atom. The molecule has 0 aliphatic rings. The minimum Gasteiger partial charge on any atom is -0.447 e. The zero-order valence-corrected chi connectivity index (χ0v) is 23.8. The SMILES string of the molecule is NCCCCCCCCCC(N)OC(=O)CCCCCCCC(=O)OC(N)CCCCCCCCCN. The smallest absolute Gasteiger partial charge is 0.307 e. The van der Waals surface area contributed by atoms with Gasteiger partial charge in [0.25, 0.3) is 0 Å². The predicted molar refractivity (Wildman–Crippen MR) is 152 cm³/mol. The van der Waals surface area contributed by atoms with Crippen LogP contribution >= 0.6 is 0 Å². The van der Waals surface area contributed by atoms with Crippen LogP contribution in [0.2, 0.25) is 0 Å². The molecule has 220 valence electrons. The third kappa shape index (κ3) is 27.6. The Balaban J connectivity index is 3.49. The fourth-order valence-electron chi connectivity index (χ4n) is 4.39. The van der Waals surface area contributed by atoms with Crippen molar-refractivity contribution in [1.82, 2.24) is 0 Å². The molecule has 2 unspecified atom stereocenters. The number of rotatable bonds is 28. The Morgan fingerprint density at radius 2 is 0.703 bits per heavy atom. The van der Waals surface area contributed by atoms with Crippen molar-refractivity contribution in [1.29, 1.82) is 0 Å². The topological polar surface area (TPSA) is 157 Å². The predicted octanol–water partition coefficient (Wildman–Crippen LogP) is 5.53. The van der Waals surface area contributed by atoms with Gasteiger partial charge in [-0.15, -0.1) is 0 Å². The molecule has 0 heterocycles. The highest BCUT2D eigenvalue weighted by atomic mass is 16.6. The Kier molecular flexibility index (Phi) is 26.9. The Hall–Kier alpha value is -1.22. The molecule has 8 N–H and O–H groups in total. The Labute approximate surface area is 227 Å². The molecule has 37 heavy (non-hydrogen) atoms. The van der Waals surface area contributed by atoms with E-state index in [1.165, 1.54) is 51.4 Å². The minimum absolute atomic E-state index is 0.210. The van der Waals surface area contributed by atoms with Crippen LogP contribution in [-0.2, 0) is 19.1 Å². The second kappa shape index (κ2) is 27.8.